The first-order chi connectivity index (χ1) is 11.1. The van der Waals surface area contributed by atoms with Gasteiger partial charge in [0.15, 0.2) is 5.82 Å². The number of ether oxygens (including phenoxy) is 1. The first kappa shape index (κ1) is 15.4. The fourth-order valence-corrected chi connectivity index (χ4v) is 2.46. The molecule has 0 spiro atoms. The second-order valence-corrected chi connectivity index (χ2v) is 5.76. The SMILES string of the molecule is C[C@@H](COc1ccccc1)C(=O)n1nc(N)c2ccc(Cl)cc21. The van der Waals surface area contributed by atoms with Crippen LogP contribution in [0.5, 0.6) is 5.75 Å². The molecule has 0 aliphatic heterocycles. The summed E-state index contributed by atoms with van der Waals surface area (Å²) < 4.78 is 6.93. The van der Waals surface area contributed by atoms with E-state index in [1.54, 1.807) is 25.1 Å². The summed E-state index contributed by atoms with van der Waals surface area (Å²) >= 11 is 6.01. The van der Waals surface area contributed by atoms with Gasteiger partial charge in [-0.15, -0.1) is 5.10 Å². The van der Waals surface area contributed by atoms with Crippen molar-refractivity contribution in [1.29, 1.82) is 0 Å². The maximum absolute atomic E-state index is 12.6. The van der Waals surface area contributed by atoms with E-state index in [1.165, 1.54) is 4.68 Å². The van der Waals surface area contributed by atoms with Gasteiger partial charge in [-0.05, 0) is 30.3 Å². The number of anilines is 1. The van der Waals surface area contributed by atoms with Crippen molar-refractivity contribution in [3.05, 3.63) is 53.6 Å². The molecule has 118 valence electrons. The van der Waals surface area contributed by atoms with Crippen molar-refractivity contribution in [3.8, 4) is 5.75 Å². The maximum atomic E-state index is 12.6. The number of hydrogen-bond acceptors (Lipinski definition) is 4. The summed E-state index contributed by atoms with van der Waals surface area (Å²) in [6.45, 7) is 2.05. The monoisotopic (exact) mass is 329 g/mol. The van der Waals surface area contributed by atoms with Crippen LogP contribution in [0.2, 0.25) is 5.02 Å². The van der Waals surface area contributed by atoms with Crippen LogP contribution in [0, 0.1) is 5.92 Å². The number of carbonyl (C=O) groups is 1. The minimum absolute atomic E-state index is 0.190. The number of hydrogen-bond donors (Lipinski definition) is 1. The number of carbonyl (C=O) groups excluding carboxylic acids is 1. The fourth-order valence-electron chi connectivity index (χ4n) is 2.30. The van der Waals surface area contributed by atoms with Crippen molar-refractivity contribution in [2.45, 2.75) is 6.92 Å². The number of aromatic nitrogens is 2. The predicted molar refractivity (Wildman–Crippen MR) is 90.9 cm³/mol. The lowest BCUT2D eigenvalue weighted by atomic mass is 10.2. The van der Waals surface area contributed by atoms with E-state index in [0.717, 1.165) is 5.75 Å². The van der Waals surface area contributed by atoms with Crippen molar-refractivity contribution in [1.82, 2.24) is 9.78 Å². The molecule has 5 nitrogen and oxygen atoms in total. The van der Waals surface area contributed by atoms with Gasteiger partial charge < -0.3 is 10.5 Å². The van der Waals surface area contributed by atoms with E-state index in [9.17, 15) is 4.79 Å². The quantitative estimate of drug-likeness (QED) is 0.793. The smallest absolute Gasteiger partial charge is 0.253 e. The number of halogens is 1. The number of nitrogens with two attached hydrogens (primary N) is 1. The van der Waals surface area contributed by atoms with Gasteiger partial charge >= 0.3 is 0 Å². The lowest BCUT2D eigenvalue weighted by Crippen LogP contribution is -2.25. The summed E-state index contributed by atoms with van der Waals surface area (Å²) in [6.07, 6.45) is 0. The Balaban J connectivity index is 1.81. The minimum Gasteiger partial charge on any atom is -0.493 e. The third kappa shape index (κ3) is 3.14. The van der Waals surface area contributed by atoms with Crippen LogP contribution in [0.3, 0.4) is 0 Å². The third-order valence-corrected chi connectivity index (χ3v) is 3.78. The molecular formula is C17H16ClN3O2. The highest BCUT2D eigenvalue weighted by atomic mass is 35.5. The molecule has 3 aromatic rings. The summed E-state index contributed by atoms with van der Waals surface area (Å²) in [4.78, 5) is 12.6. The van der Waals surface area contributed by atoms with Crippen LogP contribution in [0.25, 0.3) is 10.9 Å². The first-order valence-corrected chi connectivity index (χ1v) is 7.60. The van der Waals surface area contributed by atoms with Crippen LogP contribution in [-0.4, -0.2) is 22.3 Å². The molecule has 0 fully saturated rings. The van der Waals surface area contributed by atoms with E-state index in [0.29, 0.717) is 21.7 Å². The molecule has 3 rings (SSSR count). The van der Waals surface area contributed by atoms with Gasteiger partial charge in [-0.25, -0.2) is 0 Å². The van der Waals surface area contributed by atoms with E-state index in [4.69, 9.17) is 22.1 Å². The Morgan fingerprint density at radius 2 is 2.04 bits per heavy atom. The molecule has 0 aliphatic carbocycles. The molecule has 0 unspecified atom stereocenters. The Kier molecular flexibility index (Phi) is 4.21. The van der Waals surface area contributed by atoms with Gasteiger partial charge in [-0.1, -0.05) is 36.7 Å². The Morgan fingerprint density at radius 1 is 1.30 bits per heavy atom. The first-order valence-electron chi connectivity index (χ1n) is 7.22. The van der Waals surface area contributed by atoms with Crippen molar-refractivity contribution >= 4 is 34.2 Å². The van der Waals surface area contributed by atoms with E-state index >= 15 is 0 Å². The average molecular weight is 330 g/mol. The van der Waals surface area contributed by atoms with Crippen molar-refractivity contribution in [2.75, 3.05) is 12.3 Å². The molecule has 2 N–H and O–H groups in total. The van der Waals surface area contributed by atoms with Crippen molar-refractivity contribution in [3.63, 3.8) is 0 Å². The summed E-state index contributed by atoms with van der Waals surface area (Å²) in [5, 5.41) is 5.37. The normalized spacial score (nSPS) is 12.3. The van der Waals surface area contributed by atoms with Crippen LogP contribution >= 0.6 is 11.6 Å². The molecule has 6 heteroatoms. The second-order valence-electron chi connectivity index (χ2n) is 5.32. The molecule has 0 amide bonds. The zero-order chi connectivity index (χ0) is 16.4. The van der Waals surface area contributed by atoms with Gasteiger partial charge in [0.2, 0.25) is 0 Å². The molecule has 23 heavy (non-hydrogen) atoms. The Bertz CT molecular complexity index is 846. The van der Waals surface area contributed by atoms with Gasteiger partial charge in [0.05, 0.1) is 18.0 Å². The number of nitrogens with zero attached hydrogens (tertiary/aromatic N) is 2. The molecule has 0 saturated carbocycles. The Labute approximate surface area is 138 Å². The number of fused-ring (bicyclic) bond motifs is 1. The second kappa shape index (κ2) is 6.30. The zero-order valence-corrected chi connectivity index (χ0v) is 13.3. The number of benzene rings is 2. The number of rotatable bonds is 4. The molecular weight excluding hydrogens is 314 g/mol. The fraction of sp³-hybridized carbons (Fsp3) is 0.176. The van der Waals surface area contributed by atoms with Crippen LogP contribution in [0.15, 0.2) is 48.5 Å². The minimum atomic E-state index is -0.378. The molecule has 0 radical (unpaired) electrons. The van der Waals surface area contributed by atoms with Gasteiger partial charge in [0.1, 0.15) is 5.75 Å². The Morgan fingerprint density at radius 3 is 2.78 bits per heavy atom. The summed E-state index contributed by atoms with van der Waals surface area (Å²) in [5.74, 6) is 0.461. The maximum Gasteiger partial charge on any atom is 0.253 e. The van der Waals surface area contributed by atoms with Crippen LogP contribution in [-0.2, 0) is 0 Å². The largest absolute Gasteiger partial charge is 0.493 e. The van der Waals surface area contributed by atoms with Crippen LogP contribution in [0.4, 0.5) is 5.82 Å². The number of nitrogen functional groups attached to an aromatic ring is 1. The lowest BCUT2D eigenvalue weighted by molar-refractivity contribution is 0.0792. The molecule has 2 aromatic carbocycles. The topological polar surface area (TPSA) is 70.1 Å². The summed E-state index contributed by atoms with van der Waals surface area (Å²) in [6, 6.07) is 14.5. The highest BCUT2D eigenvalue weighted by molar-refractivity contribution is 6.31. The highest BCUT2D eigenvalue weighted by Gasteiger charge is 2.20. The van der Waals surface area contributed by atoms with Gasteiger partial charge in [-0.2, -0.15) is 4.68 Å². The van der Waals surface area contributed by atoms with Crippen LogP contribution < -0.4 is 10.5 Å². The molecule has 1 heterocycles. The van der Waals surface area contributed by atoms with Crippen molar-refractivity contribution in [2.24, 2.45) is 5.92 Å². The summed E-state index contributed by atoms with van der Waals surface area (Å²) in [5.41, 5.74) is 6.47. The summed E-state index contributed by atoms with van der Waals surface area (Å²) in [7, 11) is 0. The molecule has 0 bridgehead atoms. The molecule has 0 aliphatic rings. The standard InChI is InChI=1S/C17H16ClN3O2/c1-11(10-23-13-5-3-2-4-6-13)17(22)21-15-9-12(18)7-8-14(15)16(19)20-21/h2-9,11H,10H2,1H3,(H2,19,20)/t11-/m0/s1. The van der Waals surface area contributed by atoms with Crippen LogP contribution in [0.1, 0.15) is 11.7 Å². The van der Waals surface area contributed by atoms with E-state index in [-0.39, 0.29) is 18.4 Å². The molecule has 1 aromatic heterocycles. The average Bonchev–Trinajstić information content (AvgIpc) is 2.89. The molecule has 1 atom stereocenters. The van der Waals surface area contributed by atoms with Gasteiger partial charge in [-0.3, -0.25) is 4.79 Å². The highest BCUT2D eigenvalue weighted by Crippen LogP contribution is 2.25. The van der Waals surface area contributed by atoms with Crippen molar-refractivity contribution < 1.29 is 9.53 Å². The lowest BCUT2D eigenvalue weighted by Gasteiger charge is -2.12. The zero-order valence-electron chi connectivity index (χ0n) is 12.6. The van der Waals surface area contributed by atoms with E-state index in [1.807, 2.05) is 30.3 Å². The number of para-hydroxylation sites is 1. The van der Waals surface area contributed by atoms with E-state index < -0.39 is 0 Å². The molecule has 0 saturated heterocycles. The predicted octanol–water partition coefficient (Wildman–Crippen LogP) is 3.63. The third-order valence-electron chi connectivity index (χ3n) is 3.55. The van der Waals surface area contributed by atoms with Gasteiger partial charge in [0, 0.05) is 10.4 Å². The Hall–Kier alpha value is -2.53. The van der Waals surface area contributed by atoms with E-state index in [2.05, 4.69) is 5.10 Å². The van der Waals surface area contributed by atoms with Gasteiger partial charge in [0.25, 0.3) is 5.91 Å².